The maximum atomic E-state index is 12.1. The Labute approximate surface area is 148 Å². The molecule has 0 aliphatic rings. The lowest BCUT2D eigenvalue weighted by Gasteiger charge is -2.13. The zero-order valence-corrected chi connectivity index (χ0v) is 13.8. The number of imidazole rings is 1. The summed E-state index contributed by atoms with van der Waals surface area (Å²) in [4.78, 5) is 25.7. The zero-order chi connectivity index (χ0) is 18.1. The molecule has 0 saturated carbocycles. The van der Waals surface area contributed by atoms with E-state index in [-0.39, 0.29) is 5.69 Å². The van der Waals surface area contributed by atoms with Gasteiger partial charge in [0.1, 0.15) is 12.0 Å². The van der Waals surface area contributed by atoms with Gasteiger partial charge in [0.2, 0.25) is 0 Å². The highest BCUT2D eigenvalue weighted by molar-refractivity contribution is 5.85. The fourth-order valence-corrected chi connectivity index (χ4v) is 2.85. The van der Waals surface area contributed by atoms with Crippen molar-refractivity contribution in [3.05, 3.63) is 60.6 Å². The molecule has 0 amide bonds. The van der Waals surface area contributed by atoms with Gasteiger partial charge in [-0.2, -0.15) is 5.26 Å². The maximum absolute atomic E-state index is 12.1. The highest BCUT2D eigenvalue weighted by atomic mass is 16.5. The fourth-order valence-electron chi connectivity index (χ4n) is 2.85. The third kappa shape index (κ3) is 2.45. The van der Waals surface area contributed by atoms with Gasteiger partial charge in [0.25, 0.3) is 0 Å². The topological polar surface area (TPSA) is 93.7 Å². The van der Waals surface area contributed by atoms with E-state index < -0.39 is 11.9 Å². The van der Waals surface area contributed by atoms with Crippen LogP contribution in [0.1, 0.15) is 11.6 Å². The molecule has 7 nitrogen and oxygen atoms in total. The third-order valence-corrected chi connectivity index (χ3v) is 4.10. The summed E-state index contributed by atoms with van der Waals surface area (Å²) in [6.07, 6.45) is 1.61. The summed E-state index contributed by atoms with van der Waals surface area (Å²) in [6.45, 7) is 0. The van der Waals surface area contributed by atoms with Gasteiger partial charge in [-0.05, 0) is 24.3 Å². The van der Waals surface area contributed by atoms with Gasteiger partial charge in [-0.1, -0.05) is 24.3 Å². The van der Waals surface area contributed by atoms with Crippen molar-refractivity contribution in [2.24, 2.45) is 0 Å². The Morgan fingerprint density at radius 1 is 1.08 bits per heavy atom. The van der Waals surface area contributed by atoms with Crippen LogP contribution in [0.2, 0.25) is 0 Å². The second-order valence-electron chi connectivity index (χ2n) is 5.61. The number of nitrogens with zero attached hydrogens (tertiary/aromatic N) is 5. The molecule has 4 aromatic rings. The molecule has 0 N–H and O–H groups in total. The number of nitriles is 1. The van der Waals surface area contributed by atoms with Crippen LogP contribution in [-0.2, 0) is 9.53 Å². The molecule has 26 heavy (non-hydrogen) atoms. The first-order valence-electron chi connectivity index (χ1n) is 7.89. The summed E-state index contributed by atoms with van der Waals surface area (Å²) in [6, 6.07) is 16.8. The van der Waals surface area contributed by atoms with Crippen LogP contribution in [0.4, 0.5) is 0 Å². The molecule has 0 aliphatic heterocycles. The molecule has 0 spiro atoms. The molecule has 4 rings (SSSR count). The zero-order valence-electron chi connectivity index (χ0n) is 13.8. The Balaban J connectivity index is 2.05. The van der Waals surface area contributed by atoms with E-state index in [4.69, 9.17) is 4.74 Å². The molecule has 0 aliphatic carbocycles. The molecule has 2 aromatic carbocycles. The number of hydrogen-bond donors (Lipinski definition) is 0. The summed E-state index contributed by atoms with van der Waals surface area (Å²) in [5.41, 5.74) is 3.08. The highest BCUT2D eigenvalue weighted by Gasteiger charge is 2.28. The monoisotopic (exact) mass is 343 g/mol. The normalized spacial score (nSPS) is 12.0. The average Bonchev–Trinajstić information content (AvgIpc) is 3.12. The number of benzene rings is 2. The van der Waals surface area contributed by atoms with E-state index in [2.05, 4.69) is 15.0 Å². The number of fused-ring (bicyclic) bond motifs is 2. The van der Waals surface area contributed by atoms with Crippen LogP contribution >= 0.6 is 0 Å². The summed E-state index contributed by atoms with van der Waals surface area (Å²) in [5, 5.41) is 9.54. The van der Waals surface area contributed by atoms with Gasteiger partial charge in [0, 0.05) is 0 Å². The van der Waals surface area contributed by atoms with Gasteiger partial charge in [-0.3, -0.25) is 9.36 Å². The van der Waals surface area contributed by atoms with E-state index in [1.165, 1.54) is 7.11 Å². The fraction of sp³-hybridized carbons (Fsp3) is 0.105. The Bertz CT molecular complexity index is 1180. The van der Waals surface area contributed by atoms with Gasteiger partial charge in [-0.15, -0.1) is 0 Å². The predicted octanol–water partition coefficient (Wildman–Crippen LogP) is 2.75. The first-order valence-corrected chi connectivity index (χ1v) is 7.89. The molecule has 2 aromatic heterocycles. The maximum Gasteiger partial charge on any atom is 0.329 e. The second-order valence-corrected chi connectivity index (χ2v) is 5.61. The van der Waals surface area contributed by atoms with E-state index in [1.807, 2.05) is 48.5 Å². The SMILES string of the molecule is COC(=O)C(C#N)c1nc2ccccc2nc1-n1cnc2ccccc21. The molecule has 0 saturated heterocycles. The molecule has 2 heterocycles. The lowest BCUT2D eigenvalue weighted by molar-refractivity contribution is -0.141. The second kappa shape index (κ2) is 6.26. The molecular weight excluding hydrogens is 330 g/mol. The van der Waals surface area contributed by atoms with Gasteiger partial charge < -0.3 is 4.74 Å². The minimum atomic E-state index is -1.19. The number of hydrogen-bond acceptors (Lipinski definition) is 6. The number of esters is 1. The van der Waals surface area contributed by atoms with E-state index in [0.29, 0.717) is 16.9 Å². The average molecular weight is 343 g/mol. The van der Waals surface area contributed by atoms with E-state index >= 15 is 0 Å². The number of rotatable bonds is 3. The minimum absolute atomic E-state index is 0.237. The Morgan fingerprint density at radius 2 is 1.73 bits per heavy atom. The van der Waals surface area contributed by atoms with Crippen LogP contribution < -0.4 is 0 Å². The van der Waals surface area contributed by atoms with Crippen molar-refractivity contribution in [3.8, 4) is 11.9 Å². The molecule has 126 valence electrons. The number of carbonyl (C=O) groups excluding carboxylic acids is 1. The van der Waals surface area contributed by atoms with Crippen molar-refractivity contribution < 1.29 is 9.53 Å². The number of methoxy groups -OCH3 is 1. The quantitative estimate of drug-likeness (QED) is 0.531. The summed E-state index contributed by atoms with van der Waals surface area (Å²) < 4.78 is 6.51. The lowest BCUT2D eigenvalue weighted by atomic mass is 10.1. The Morgan fingerprint density at radius 3 is 2.42 bits per heavy atom. The molecule has 0 radical (unpaired) electrons. The third-order valence-electron chi connectivity index (χ3n) is 4.10. The van der Waals surface area contributed by atoms with E-state index in [1.54, 1.807) is 17.0 Å². The minimum Gasteiger partial charge on any atom is -0.468 e. The largest absolute Gasteiger partial charge is 0.468 e. The molecule has 0 bridgehead atoms. The highest BCUT2D eigenvalue weighted by Crippen LogP contribution is 2.26. The van der Waals surface area contributed by atoms with Crippen LogP contribution in [0.15, 0.2) is 54.9 Å². The summed E-state index contributed by atoms with van der Waals surface area (Å²) in [5.74, 6) is -1.48. The van der Waals surface area contributed by atoms with Crippen LogP contribution in [-0.4, -0.2) is 32.6 Å². The predicted molar refractivity (Wildman–Crippen MR) is 94.5 cm³/mol. The molecule has 1 unspecified atom stereocenters. The lowest BCUT2D eigenvalue weighted by Crippen LogP contribution is -2.17. The Kier molecular flexibility index (Phi) is 3.78. The van der Waals surface area contributed by atoms with Crippen LogP contribution in [0.3, 0.4) is 0 Å². The van der Waals surface area contributed by atoms with Gasteiger partial charge in [0.05, 0.1) is 35.2 Å². The number of carbonyl (C=O) groups is 1. The summed E-state index contributed by atoms with van der Waals surface area (Å²) >= 11 is 0. The standard InChI is InChI=1S/C19H13N5O2/c1-26-19(25)12(10-20)17-18(23-14-7-3-2-6-13(14)22-17)24-11-21-15-8-4-5-9-16(15)24/h2-9,11-12H,1H3. The van der Waals surface area contributed by atoms with E-state index in [9.17, 15) is 10.1 Å². The van der Waals surface area contributed by atoms with Crippen LogP contribution in [0, 0.1) is 11.3 Å². The van der Waals surface area contributed by atoms with Crippen molar-refractivity contribution in [1.82, 2.24) is 19.5 Å². The number of ether oxygens (including phenoxy) is 1. The summed E-state index contributed by atoms with van der Waals surface area (Å²) in [7, 11) is 1.24. The van der Waals surface area contributed by atoms with E-state index in [0.717, 1.165) is 11.0 Å². The molecule has 7 heteroatoms. The smallest absolute Gasteiger partial charge is 0.329 e. The van der Waals surface area contributed by atoms with Crippen molar-refractivity contribution in [3.63, 3.8) is 0 Å². The molecular formula is C19H13N5O2. The first kappa shape index (κ1) is 15.7. The van der Waals surface area contributed by atoms with Gasteiger partial charge in [-0.25, -0.2) is 15.0 Å². The molecule has 0 fully saturated rings. The Hall–Kier alpha value is -3.79. The van der Waals surface area contributed by atoms with Crippen molar-refractivity contribution >= 4 is 28.0 Å². The molecule has 1 atom stereocenters. The van der Waals surface area contributed by atoms with Crippen molar-refractivity contribution in [2.75, 3.05) is 7.11 Å². The van der Waals surface area contributed by atoms with Crippen molar-refractivity contribution in [2.45, 2.75) is 5.92 Å². The van der Waals surface area contributed by atoms with Crippen molar-refractivity contribution in [1.29, 1.82) is 5.26 Å². The van der Waals surface area contributed by atoms with Crippen LogP contribution in [0.25, 0.3) is 27.9 Å². The van der Waals surface area contributed by atoms with Gasteiger partial charge in [0.15, 0.2) is 11.7 Å². The van der Waals surface area contributed by atoms with Crippen LogP contribution in [0.5, 0.6) is 0 Å². The van der Waals surface area contributed by atoms with Gasteiger partial charge >= 0.3 is 5.97 Å². The number of para-hydroxylation sites is 4. The number of aromatic nitrogens is 4. The first-order chi connectivity index (χ1) is 12.7.